The van der Waals surface area contributed by atoms with Crippen LogP contribution in [0, 0.1) is 22.7 Å². The Hall–Kier alpha value is -0.570. The molecule has 0 radical (unpaired) electrons. The van der Waals surface area contributed by atoms with Gasteiger partial charge in [0.1, 0.15) is 0 Å². The van der Waals surface area contributed by atoms with Crippen molar-refractivity contribution < 1.29 is 0 Å². The largest absolute Gasteiger partial charge is 0.388 e. The fourth-order valence-electron chi connectivity index (χ4n) is 3.00. The molecule has 1 saturated heterocycles. The molecule has 2 aliphatic rings. The van der Waals surface area contributed by atoms with Crippen molar-refractivity contribution in [1.82, 2.24) is 4.90 Å². The SMILES string of the molecule is CC(C)C1CCN(CC2(CC(=N)N)CC2)C1. The highest BCUT2D eigenvalue weighted by Crippen LogP contribution is 2.49. The summed E-state index contributed by atoms with van der Waals surface area (Å²) in [5.74, 6) is 2.07. The number of rotatable bonds is 5. The number of nitrogens with zero attached hydrogens (tertiary/aromatic N) is 1. The standard InChI is InChI=1S/C13H25N3/c1-10(2)11-3-6-16(8-11)9-13(4-5-13)7-12(14)15/h10-11H,3-9H2,1-2H3,(H3,14,15). The molecule has 2 rings (SSSR count). The highest BCUT2D eigenvalue weighted by atomic mass is 15.2. The van der Waals surface area contributed by atoms with Crippen LogP contribution in [0.5, 0.6) is 0 Å². The minimum absolute atomic E-state index is 0.372. The quantitative estimate of drug-likeness (QED) is 0.554. The van der Waals surface area contributed by atoms with Gasteiger partial charge in [-0.25, -0.2) is 0 Å². The molecule has 1 aliphatic carbocycles. The Bertz CT molecular complexity index is 268. The highest BCUT2D eigenvalue weighted by molar-refractivity contribution is 5.78. The van der Waals surface area contributed by atoms with Crippen molar-refractivity contribution in [3.8, 4) is 0 Å². The Balaban J connectivity index is 1.81. The van der Waals surface area contributed by atoms with Crippen molar-refractivity contribution in [3.05, 3.63) is 0 Å². The molecule has 0 aromatic carbocycles. The molecular weight excluding hydrogens is 198 g/mol. The Morgan fingerprint density at radius 3 is 2.62 bits per heavy atom. The van der Waals surface area contributed by atoms with E-state index < -0.39 is 0 Å². The van der Waals surface area contributed by atoms with Gasteiger partial charge in [-0.1, -0.05) is 13.8 Å². The minimum Gasteiger partial charge on any atom is -0.388 e. The first-order valence-electron chi connectivity index (χ1n) is 6.56. The molecule has 92 valence electrons. The Morgan fingerprint density at radius 2 is 2.19 bits per heavy atom. The zero-order valence-corrected chi connectivity index (χ0v) is 10.6. The van der Waals surface area contributed by atoms with Crippen LogP contribution in [0.25, 0.3) is 0 Å². The van der Waals surface area contributed by atoms with Crippen LogP contribution in [0.2, 0.25) is 0 Å². The maximum Gasteiger partial charge on any atom is 0.0911 e. The van der Waals surface area contributed by atoms with Crippen LogP contribution in [0.1, 0.15) is 39.5 Å². The molecular formula is C13H25N3. The monoisotopic (exact) mass is 223 g/mol. The summed E-state index contributed by atoms with van der Waals surface area (Å²) in [7, 11) is 0. The zero-order chi connectivity index (χ0) is 11.8. The smallest absolute Gasteiger partial charge is 0.0911 e. The van der Waals surface area contributed by atoms with Gasteiger partial charge in [0.05, 0.1) is 5.84 Å². The van der Waals surface area contributed by atoms with Crippen molar-refractivity contribution in [3.63, 3.8) is 0 Å². The van der Waals surface area contributed by atoms with Crippen LogP contribution < -0.4 is 5.73 Å². The van der Waals surface area contributed by atoms with Crippen molar-refractivity contribution in [1.29, 1.82) is 5.41 Å². The lowest BCUT2D eigenvalue weighted by atomic mass is 9.95. The molecule has 1 heterocycles. The van der Waals surface area contributed by atoms with Crippen molar-refractivity contribution in [2.24, 2.45) is 23.0 Å². The predicted molar refractivity (Wildman–Crippen MR) is 67.6 cm³/mol. The summed E-state index contributed by atoms with van der Waals surface area (Å²) in [6, 6.07) is 0. The molecule has 3 N–H and O–H groups in total. The van der Waals surface area contributed by atoms with E-state index in [-0.39, 0.29) is 0 Å². The molecule has 1 saturated carbocycles. The van der Waals surface area contributed by atoms with E-state index in [1.54, 1.807) is 0 Å². The molecule has 0 aromatic heterocycles. The first-order valence-corrected chi connectivity index (χ1v) is 6.56. The fraction of sp³-hybridized carbons (Fsp3) is 0.923. The van der Waals surface area contributed by atoms with Gasteiger partial charge in [0, 0.05) is 19.5 Å². The van der Waals surface area contributed by atoms with E-state index in [0.717, 1.165) is 18.3 Å². The van der Waals surface area contributed by atoms with Gasteiger partial charge in [0.15, 0.2) is 0 Å². The molecule has 0 spiro atoms. The van der Waals surface area contributed by atoms with Gasteiger partial charge in [-0.2, -0.15) is 0 Å². The topological polar surface area (TPSA) is 53.1 Å². The number of likely N-dealkylation sites (tertiary alicyclic amines) is 1. The highest BCUT2D eigenvalue weighted by Gasteiger charge is 2.45. The van der Waals surface area contributed by atoms with Crippen LogP contribution in [0.15, 0.2) is 0 Å². The number of nitrogens with two attached hydrogens (primary N) is 1. The van der Waals surface area contributed by atoms with Crippen LogP contribution in [0.4, 0.5) is 0 Å². The third-order valence-electron chi connectivity index (χ3n) is 4.33. The van der Waals surface area contributed by atoms with E-state index in [1.807, 2.05) is 0 Å². The lowest BCUT2D eigenvalue weighted by Gasteiger charge is -2.23. The Labute approximate surface area is 98.9 Å². The summed E-state index contributed by atoms with van der Waals surface area (Å²) in [4.78, 5) is 2.60. The van der Waals surface area contributed by atoms with Gasteiger partial charge in [0.2, 0.25) is 0 Å². The molecule has 3 heteroatoms. The van der Waals surface area contributed by atoms with E-state index in [4.69, 9.17) is 11.1 Å². The van der Waals surface area contributed by atoms with E-state index in [1.165, 1.54) is 38.9 Å². The zero-order valence-electron chi connectivity index (χ0n) is 10.6. The predicted octanol–water partition coefficient (Wildman–Crippen LogP) is 2.07. The number of hydrogen-bond donors (Lipinski definition) is 2. The fourth-order valence-corrected chi connectivity index (χ4v) is 3.00. The summed E-state index contributed by atoms with van der Waals surface area (Å²) in [6.45, 7) is 8.35. The second-order valence-electron chi connectivity index (χ2n) is 6.23. The molecule has 3 nitrogen and oxygen atoms in total. The van der Waals surface area contributed by atoms with Gasteiger partial charge >= 0.3 is 0 Å². The number of nitrogens with one attached hydrogen (secondary N) is 1. The number of hydrogen-bond acceptors (Lipinski definition) is 2. The lowest BCUT2D eigenvalue weighted by Crippen LogP contribution is -2.31. The maximum atomic E-state index is 7.43. The summed E-state index contributed by atoms with van der Waals surface area (Å²) in [5.41, 5.74) is 5.92. The summed E-state index contributed by atoms with van der Waals surface area (Å²) in [5, 5.41) is 7.43. The van der Waals surface area contributed by atoms with Gasteiger partial charge < -0.3 is 10.6 Å². The molecule has 1 atom stereocenters. The van der Waals surface area contributed by atoms with E-state index >= 15 is 0 Å². The molecule has 1 aliphatic heterocycles. The van der Waals surface area contributed by atoms with Crippen molar-refractivity contribution >= 4 is 5.84 Å². The normalized spacial score (nSPS) is 28.6. The second kappa shape index (κ2) is 4.36. The van der Waals surface area contributed by atoms with Gasteiger partial charge in [-0.15, -0.1) is 0 Å². The Kier molecular flexibility index (Phi) is 3.24. The average molecular weight is 223 g/mol. The average Bonchev–Trinajstić information content (AvgIpc) is 2.75. The first-order chi connectivity index (χ1) is 7.51. The summed E-state index contributed by atoms with van der Waals surface area (Å²) in [6.07, 6.45) is 4.72. The second-order valence-corrected chi connectivity index (χ2v) is 6.23. The summed E-state index contributed by atoms with van der Waals surface area (Å²) >= 11 is 0. The Morgan fingerprint density at radius 1 is 1.50 bits per heavy atom. The van der Waals surface area contributed by atoms with E-state index in [0.29, 0.717) is 11.3 Å². The molecule has 0 aromatic rings. The van der Waals surface area contributed by atoms with Gasteiger partial charge in [-0.05, 0) is 43.1 Å². The van der Waals surface area contributed by atoms with Crippen LogP contribution in [-0.2, 0) is 0 Å². The van der Waals surface area contributed by atoms with E-state index in [2.05, 4.69) is 18.7 Å². The minimum atomic E-state index is 0.372. The third-order valence-corrected chi connectivity index (χ3v) is 4.33. The molecule has 2 fully saturated rings. The van der Waals surface area contributed by atoms with Crippen LogP contribution >= 0.6 is 0 Å². The molecule has 1 unspecified atom stereocenters. The molecule has 0 amide bonds. The third kappa shape index (κ3) is 2.76. The van der Waals surface area contributed by atoms with Gasteiger partial charge in [-0.3, -0.25) is 5.41 Å². The lowest BCUT2D eigenvalue weighted by molar-refractivity contribution is 0.249. The van der Waals surface area contributed by atoms with Crippen molar-refractivity contribution in [2.45, 2.75) is 39.5 Å². The molecule has 0 bridgehead atoms. The number of amidine groups is 1. The van der Waals surface area contributed by atoms with Crippen molar-refractivity contribution in [2.75, 3.05) is 19.6 Å². The maximum absolute atomic E-state index is 7.43. The van der Waals surface area contributed by atoms with E-state index in [9.17, 15) is 0 Å². The van der Waals surface area contributed by atoms with Crippen LogP contribution in [-0.4, -0.2) is 30.4 Å². The van der Waals surface area contributed by atoms with Crippen LogP contribution in [0.3, 0.4) is 0 Å². The molecule has 16 heavy (non-hydrogen) atoms. The summed E-state index contributed by atoms with van der Waals surface area (Å²) < 4.78 is 0. The first kappa shape index (κ1) is 11.9. The van der Waals surface area contributed by atoms with Gasteiger partial charge in [0.25, 0.3) is 0 Å².